The van der Waals surface area contributed by atoms with E-state index in [1.807, 2.05) is 18.9 Å². The maximum atomic E-state index is 12.9. The van der Waals surface area contributed by atoms with E-state index in [0.29, 0.717) is 23.3 Å². The second kappa shape index (κ2) is 9.29. The van der Waals surface area contributed by atoms with Crippen molar-refractivity contribution in [3.8, 4) is 18.1 Å². The van der Waals surface area contributed by atoms with Crippen LogP contribution in [0.1, 0.15) is 16.7 Å². The normalized spacial score (nSPS) is 11.2. The van der Waals surface area contributed by atoms with Crippen LogP contribution in [0.25, 0.3) is 11.0 Å². The van der Waals surface area contributed by atoms with Gasteiger partial charge in [0.25, 0.3) is 15.9 Å². The van der Waals surface area contributed by atoms with Gasteiger partial charge in [-0.1, -0.05) is 17.3 Å². The third-order valence-electron chi connectivity index (χ3n) is 5.03. The van der Waals surface area contributed by atoms with E-state index in [0.717, 1.165) is 16.7 Å². The van der Waals surface area contributed by atoms with Crippen LogP contribution in [-0.2, 0) is 27.9 Å². The van der Waals surface area contributed by atoms with Crippen LogP contribution in [0.5, 0.6) is 5.75 Å². The van der Waals surface area contributed by atoms with Crippen molar-refractivity contribution in [3.05, 3.63) is 65.5 Å². The Bertz CT molecular complexity index is 1510. The number of nitrogens with zero attached hydrogens (tertiary/aromatic N) is 3. The number of benzene rings is 2. The monoisotopic (exact) mass is 479 g/mol. The molecule has 0 aliphatic carbocycles. The predicted molar refractivity (Wildman–Crippen MR) is 125 cm³/mol. The molecular formula is C23H21N5O5S. The lowest BCUT2D eigenvalue weighted by Crippen LogP contribution is -2.20. The fourth-order valence-corrected chi connectivity index (χ4v) is 4.50. The molecule has 2 heterocycles. The molecule has 0 atom stereocenters. The second-order valence-corrected chi connectivity index (χ2v) is 9.16. The van der Waals surface area contributed by atoms with Crippen molar-refractivity contribution in [1.29, 1.82) is 0 Å². The maximum Gasteiger partial charge on any atom is 0.295 e. The minimum Gasteiger partial charge on any atom is -0.497 e. The molecule has 10 nitrogen and oxygen atoms in total. The number of methoxy groups -OCH3 is 1. The minimum absolute atomic E-state index is 0.0465. The van der Waals surface area contributed by atoms with Crippen LogP contribution in [0.4, 0.5) is 5.82 Å². The van der Waals surface area contributed by atoms with Crippen molar-refractivity contribution in [1.82, 2.24) is 20.3 Å². The number of carbonyl (C=O) groups is 1. The van der Waals surface area contributed by atoms with Crippen LogP contribution in [0.15, 0.2) is 58.2 Å². The highest BCUT2D eigenvalue weighted by Gasteiger charge is 2.20. The maximum absolute atomic E-state index is 12.9. The van der Waals surface area contributed by atoms with Crippen molar-refractivity contribution in [2.24, 2.45) is 0 Å². The summed E-state index contributed by atoms with van der Waals surface area (Å²) in [5.74, 6) is 2.03. The molecule has 0 spiro atoms. The molecule has 0 aliphatic heterocycles. The molecule has 0 saturated heterocycles. The van der Waals surface area contributed by atoms with E-state index < -0.39 is 15.9 Å². The zero-order valence-electron chi connectivity index (χ0n) is 18.4. The number of carbonyl (C=O) groups excluding carboxylic acids is 1. The summed E-state index contributed by atoms with van der Waals surface area (Å²) in [6.07, 6.45) is 8.48. The van der Waals surface area contributed by atoms with Gasteiger partial charge >= 0.3 is 0 Å². The van der Waals surface area contributed by atoms with Crippen molar-refractivity contribution >= 4 is 32.7 Å². The largest absolute Gasteiger partial charge is 0.497 e. The van der Waals surface area contributed by atoms with E-state index >= 15 is 0 Å². The standard InChI is InChI=1S/C23H21N5O5S/c1-4-21(29)24-11-17-12-25-28(14-17)13-16-8-15(2)22-20(9-16)33-26-23(22)27-34(30,31)19-7-5-6-18(10-19)32-3/h1,5-10,12,14H,11,13H2,2-3H3,(H,24,29)(H,26,27). The summed E-state index contributed by atoms with van der Waals surface area (Å²) in [7, 11) is -2.44. The first-order chi connectivity index (χ1) is 16.3. The molecule has 2 N–H and O–H groups in total. The average Bonchev–Trinajstić information content (AvgIpc) is 3.44. The molecule has 34 heavy (non-hydrogen) atoms. The summed E-state index contributed by atoms with van der Waals surface area (Å²) in [4.78, 5) is 11.3. The van der Waals surface area contributed by atoms with Gasteiger partial charge in [-0.05, 0) is 42.2 Å². The highest BCUT2D eigenvalue weighted by atomic mass is 32.2. The molecule has 0 unspecified atom stereocenters. The lowest BCUT2D eigenvalue weighted by Gasteiger charge is -2.08. The van der Waals surface area contributed by atoms with Crippen molar-refractivity contribution in [3.63, 3.8) is 0 Å². The Morgan fingerprint density at radius 1 is 1.26 bits per heavy atom. The van der Waals surface area contributed by atoms with Crippen molar-refractivity contribution in [2.75, 3.05) is 11.8 Å². The fraction of sp³-hybridized carbons (Fsp3) is 0.174. The topological polar surface area (TPSA) is 128 Å². The predicted octanol–water partition coefficient (Wildman–Crippen LogP) is 2.44. The summed E-state index contributed by atoms with van der Waals surface area (Å²) in [5.41, 5.74) is 2.90. The van der Waals surface area contributed by atoms with E-state index in [1.165, 1.54) is 19.2 Å². The molecule has 0 bridgehead atoms. The number of hydrogen-bond donors (Lipinski definition) is 2. The lowest BCUT2D eigenvalue weighted by atomic mass is 10.1. The van der Waals surface area contributed by atoms with Crippen LogP contribution in [0.2, 0.25) is 0 Å². The molecule has 4 aromatic rings. The van der Waals surface area contributed by atoms with Gasteiger partial charge in [0, 0.05) is 24.4 Å². The molecule has 0 fully saturated rings. The molecule has 174 valence electrons. The first kappa shape index (κ1) is 22.9. The van der Waals surface area contributed by atoms with Gasteiger partial charge in [-0.3, -0.25) is 14.2 Å². The van der Waals surface area contributed by atoms with Gasteiger partial charge in [0.15, 0.2) is 11.4 Å². The van der Waals surface area contributed by atoms with Crippen LogP contribution in [0, 0.1) is 19.3 Å². The summed E-state index contributed by atoms with van der Waals surface area (Å²) < 4.78 is 40.4. The molecular weight excluding hydrogens is 458 g/mol. The molecule has 0 saturated carbocycles. The van der Waals surface area contributed by atoms with Crippen molar-refractivity contribution < 1.29 is 22.5 Å². The Balaban J connectivity index is 1.54. The molecule has 2 aromatic heterocycles. The Kier molecular flexibility index (Phi) is 6.25. The van der Waals surface area contributed by atoms with Crippen LogP contribution >= 0.6 is 0 Å². The lowest BCUT2D eigenvalue weighted by molar-refractivity contribution is -0.115. The van der Waals surface area contributed by atoms with Gasteiger partial charge in [0.2, 0.25) is 0 Å². The third-order valence-corrected chi connectivity index (χ3v) is 6.37. The van der Waals surface area contributed by atoms with Gasteiger partial charge < -0.3 is 14.6 Å². The Morgan fingerprint density at radius 2 is 2.09 bits per heavy atom. The zero-order valence-corrected chi connectivity index (χ0v) is 19.2. The van der Waals surface area contributed by atoms with E-state index in [9.17, 15) is 13.2 Å². The number of aromatic nitrogens is 3. The van der Waals surface area contributed by atoms with Gasteiger partial charge in [-0.25, -0.2) is 8.42 Å². The summed E-state index contributed by atoms with van der Waals surface area (Å²) >= 11 is 0. The number of hydrogen-bond acceptors (Lipinski definition) is 7. The van der Waals surface area contributed by atoms with Crippen LogP contribution in [-0.4, -0.2) is 36.4 Å². The molecule has 2 aromatic carbocycles. The third kappa shape index (κ3) is 4.87. The number of rotatable bonds is 8. The number of fused-ring (bicyclic) bond motifs is 1. The van der Waals surface area contributed by atoms with E-state index in [-0.39, 0.29) is 17.3 Å². The van der Waals surface area contributed by atoms with E-state index in [2.05, 4.69) is 20.3 Å². The van der Waals surface area contributed by atoms with Gasteiger partial charge in [-0.2, -0.15) is 5.10 Å². The van der Waals surface area contributed by atoms with Crippen LogP contribution in [0.3, 0.4) is 0 Å². The number of ether oxygens (including phenoxy) is 1. The minimum atomic E-state index is -3.90. The summed E-state index contributed by atoms with van der Waals surface area (Å²) in [6.45, 7) is 2.56. The summed E-state index contributed by atoms with van der Waals surface area (Å²) in [6, 6.07) is 9.83. The summed E-state index contributed by atoms with van der Waals surface area (Å²) in [5, 5.41) is 11.4. The smallest absolute Gasteiger partial charge is 0.295 e. The van der Waals surface area contributed by atoms with Gasteiger partial charge in [-0.15, -0.1) is 6.42 Å². The van der Waals surface area contributed by atoms with E-state index in [4.69, 9.17) is 15.7 Å². The van der Waals surface area contributed by atoms with E-state index in [1.54, 1.807) is 35.3 Å². The van der Waals surface area contributed by atoms with Gasteiger partial charge in [0.05, 0.1) is 30.1 Å². The molecule has 0 aliphatic rings. The number of terminal acetylenes is 1. The first-order valence-corrected chi connectivity index (χ1v) is 11.6. The quantitative estimate of drug-likeness (QED) is 0.372. The highest BCUT2D eigenvalue weighted by Crippen LogP contribution is 2.30. The zero-order chi connectivity index (χ0) is 24.3. The molecule has 0 radical (unpaired) electrons. The molecule has 1 amide bonds. The highest BCUT2D eigenvalue weighted by molar-refractivity contribution is 7.92. The number of anilines is 1. The first-order valence-electron chi connectivity index (χ1n) is 10.1. The van der Waals surface area contributed by atoms with Crippen molar-refractivity contribution in [2.45, 2.75) is 24.9 Å². The van der Waals surface area contributed by atoms with Gasteiger partial charge in [0.1, 0.15) is 5.75 Å². The average molecular weight is 480 g/mol. The second-order valence-electron chi connectivity index (χ2n) is 7.47. The fourth-order valence-electron chi connectivity index (χ4n) is 3.46. The number of nitrogens with one attached hydrogen (secondary N) is 2. The Labute approximate surface area is 195 Å². The van der Waals surface area contributed by atoms with Crippen LogP contribution < -0.4 is 14.8 Å². The molecule has 11 heteroatoms. The Morgan fingerprint density at radius 3 is 2.85 bits per heavy atom. The number of sulfonamides is 1. The SMILES string of the molecule is C#CC(=O)NCc1cnn(Cc2cc(C)c3c(NS(=O)(=O)c4cccc(OC)c4)noc3c2)c1. The molecule has 4 rings (SSSR count). The Hall–Kier alpha value is -4.30. The number of amides is 1. The number of aryl methyl sites for hydroxylation is 1.